The van der Waals surface area contributed by atoms with Gasteiger partial charge in [-0.25, -0.2) is 0 Å². The molecule has 2 atom stereocenters. The minimum Gasteiger partial charge on any atom is -0.375 e. The molecule has 6 heteroatoms. The molecule has 0 aliphatic carbocycles. The first kappa shape index (κ1) is 14.5. The van der Waals surface area contributed by atoms with E-state index in [1.807, 2.05) is 6.92 Å². The maximum absolute atomic E-state index is 11.9. The quantitative estimate of drug-likeness (QED) is 0.872. The standard InChI is InChI=1S/C13H20BrN3O2/c1-3-10-12(14)13(17-16-10)15-11(18)7-6-9-5-4-8(2)19-9/h8-9H,3-7H2,1-2H3,(H2,15,16,17,18)/t8-,9+/m1/s1. The lowest BCUT2D eigenvalue weighted by Gasteiger charge is -2.10. The molecular weight excluding hydrogens is 310 g/mol. The molecule has 19 heavy (non-hydrogen) atoms. The van der Waals surface area contributed by atoms with Gasteiger partial charge in [-0.1, -0.05) is 6.92 Å². The third-order valence-corrected chi connectivity index (χ3v) is 4.25. The van der Waals surface area contributed by atoms with Gasteiger partial charge in [-0.15, -0.1) is 0 Å². The summed E-state index contributed by atoms with van der Waals surface area (Å²) in [5.74, 6) is 0.556. The molecule has 0 radical (unpaired) electrons. The lowest BCUT2D eigenvalue weighted by Crippen LogP contribution is -2.16. The molecule has 0 unspecified atom stereocenters. The van der Waals surface area contributed by atoms with Crippen LogP contribution in [-0.2, 0) is 16.0 Å². The van der Waals surface area contributed by atoms with Crippen molar-refractivity contribution in [3.8, 4) is 0 Å². The predicted octanol–water partition coefficient (Wildman–Crippen LogP) is 3.02. The molecule has 2 N–H and O–H groups in total. The number of aromatic amines is 1. The average molecular weight is 330 g/mol. The van der Waals surface area contributed by atoms with E-state index >= 15 is 0 Å². The largest absolute Gasteiger partial charge is 0.375 e. The van der Waals surface area contributed by atoms with E-state index in [2.05, 4.69) is 38.4 Å². The SMILES string of the molecule is CCc1[nH]nc(NC(=O)CC[C@@H]2CC[C@@H](C)O2)c1Br. The number of aromatic nitrogens is 2. The zero-order valence-corrected chi connectivity index (χ0v) is 12.9. The number of hydrogen-bond acceptors (Lipinski definition) is 3. The van der Waals surface area contributed by atoms with Crippen LogP contribution in [0.2, 0.25) is 0 Å². The molecule has 1 fully saturated rings. The number of nitrogens with zero attached hydrogens (tertiary/aromatic N) is 1. The van der Waals surface area contributed by atoms with Crippen molar-refractivity contribution in [1.82, 2.24) is 10.2 Å². The normalized spacial score (nSPS) is 22.7. The Kier molecular flexibility index (Phi) is 4.99. The van der Waals surface area contributed by atoms with Crippen LogP contribution in [0.4, 0.5) is 5.82 Å². The highest BCUT2D eigenvalue weighted by atomic mass is 79.9. The molecule has 1 aromatic heterocycles. The maximum atomic E-state index is 11.9. The topological polar surface area (TPSA) is 67.0 Å². The number of aryl methyl sites for hydroxylation is 1. The van der Waals surface area contributed by atoms with Gasteiger partial charge in [-0.2, -0.15) is 5.10 Å². The van der Waals surface area contributed by atoms with Gasteiger partial charge in [0, 0.05) is 6.42 Å². The molecule has 1 aromatic rings. The number of halogens is 1. The predicted molar refractivity (Wildman–Crippen MR) is 77.1 cm³/mol. The lowest BCUT2D eigenvalue weighted by atomic mass is 10.1. The summed E-state index contributed by atoms with van der Waals surface area (Å²) in [4.78, 5) is 11.9. The van der Waals surface area contributed by atoms with Crippen LogP contribution in [0.1, 0.15) is 45.2 Å². The van der Waals surface area contributed by atoms with Crippen LogP contribution in [0.5, 0.6) is 0 Å². The molecule has 0 bridgehead atoms. The second-order valence-corrected chi connectivity index (χ2v) is 5.74. The zero-order valence-electron chi connectivity index (χ0n) is 11.3. The van der Waals surface area contributed by atoms with Crippen molar-refractivity contribution in [2.75, 3.05) is 5.32 Å². The van der Waals surface area contributed by atoms with Crippen molar-refractivity contribution in [2.45, 2.75) is 58.2 Å². The molecule has 0 saturated carbocycles. The van der Waals surface area contributed by atoms with Gasteiger partial charge in [0.15, 0.2) is 5.82 Å². The van der Waals surface area contributed by atoms with Crippen molar-refractivity contribution >= 4 is 27.7 Å². The number of H-pyrrole nitrogens is 1. The van der Waals surface area contributed by atoms with Crippen molar-refractivity contribution in [2.24, 2.45) is 0 Å². The number of ether oxygens (including phenoxy) is 1. The second-order valence-electron chi connectivity index (χ2n) is 4.95. The number of carbonyl (C=O) groups is 1. The van der Waals surface area contributed by atoms with E-state index in [1.54, 1.807) is 0 Å². The van der Waals surface area contributed by atoms with Crippen LogP contribution in [0, 0.1) is 0 Å². The first-order valence-corrected chi connectivity index (χ1v) is 7.57. The highest BCUT2D eigenvalue weighted by Crippen LogP contribution is 2.25. The van der Waals surface area contributed by atoms with Gasteiger partial charge in [0.05, 0.1) is 22.4 Å². The van der Waals surface area contributed by atoms with Crippen LogP contribution in [0.15, 0.2) is 4.47 Å². The van der Waals surface area contributed by atoms with Gasteiger partial charge in [0.25, 0.3) is 0 Å². The van der Waals surface area contributed by atoms with Gasteiger partial charge in [0.2, 0.25) is 5.91 Å². The first-order chi connectivity index (χ1) is 9.10. The van der Waals surface area contributed by atoms with Crippen LogP contribution < -0.4 is 5.32 Å². The van der Waals surface area contributed by atoms with E-state index < -0.39 is 0 Å². The molecule has 2 heterocycles. The molecule has 2 rings (SSSR count). The number of anilines is 1. The Hall–Kier alpha value is -0.880. The van der Waals surface area contributed by atoms with E-state index in [0.29, 0.717) is 18.3 Å². The van der Waals surface area contributed by atoms with Gasteiger partial charge < -0.3 is 10.1 Å². The van der Waals surface area contributed by atoms with E-state index in [4.69, 9.17) is 4.74 Å². The van der Waals surface area contributed by atoms with Crippen molar-refractivity contribution in [3.63, 3.8) is 0 Å². The number of amides is 1. The molecule has 1 aliphatic heterocycles. The lowest BCUT2D eigenvalue weighted by molar-refractivity contribution is -0.116. The Labute approximate surface area is 121 Å². The second kappa shape index (κ2) is 6.52. The summed E-state index contributed by atoms with van der Waals surface area (Å²) in [7, 11) is 0. The highest BCUT2D eigenvalue weighted by Gasteiger charge is 2.22. The van der Waals surface area contributed by atoms with Gasteiger partial charge in [0.1, 0.15) is 0 Å². The molecule has 0 spiro atoms. The average Bonchev–Trinajstić information content (AvgIpc) is 2.95. The Morgan fingerprint density at radius 1 is 1.58 bits per heavy atom. The number of carbonyl (C=O) groups excluding carboxylic acids is 1. The van der Waals surface area contributed by atoms with E-state index in [9.17, 15) is 4.79 Å². The van der Waals surface area contributed by atoms with Crippen LogP contribution in [-0.4, -0.2) is 28.3 Å². The van der Waals surface area contributed by atoms with Crippen molar-refractivity contribution in [1.29, 1.82) is 0 Å². The van der Waals surface area contributed by atoms with Gasteiger partial charge in [-0.3, -0.25) is 9.89 Å². The Bertz CT molecular complexity index is 447. The summed E-state index contributed by atoms with van der Waals surface area (Å²) >= 11 is 3.43. The third kappa shape index (κ3) is 3.79. The van der Waals surface area contributed by atoms with Gasteiger partial charge >= 0.3 is 0 Å². The Morgan fingerprint density at radius 3 is 2.95 bits per heavy atom. The fourth-order valence-electron chi connectivity index (χ4n) is 2.27. The molecule has 5 nitrogen and oxygen atoms in total. The fourth-order valence-corrected chi connectivity index (χ4v) is 2.82. The molecule has 1 saturated heterocycles. The minimum absolute atomic E-state index is 0.0157. The summed E-state index contributed by atoms with van der Waals surface area (Å²) in [6.45, 7) is 4.11. The highest BCUT2D eigenvalue weighted by molar-refractivity contribution is 9.10. The molecular formula is C13H20BrN3O2. The Balaban J connectivity index is 1.79. The minimum atomic E-state index is -0.0157. The molecule has 1 aliphatic rings. The monoisotopic (exact) mass is 329 g/mol. The third-order valence-electron chi connectivity index (χ3n) is 3.40. The molecule has 1 amide bonds. The Morgan fingerprint density at radius 2 is 2.37 bits per heavy atom. The van der Waals surface area contributed by atoms with Crippen LogP contribution >= 0.6 is 15.9 Å². The molecule has 106 valence electrons. The number of hydrogen-bond donors (Lipinski definition) is 2. The van der Waals surface area contributed by atoms with Crippen LogP contribution in [0.3, 0.4) is 0 Å². The summed E-state index contributed by atoms with van der Waals surface area (Å²) in [6, 6.07) is 0. The molecule has 0 aromatic carbocycles. The van der Waals surface area contributed by atoms with Crippen LogP contribution in [0.25, 0.3) is 0 Å². The van der Waals surface area contributed by atoms with E-state index in [1.165, 1.54) is 0 Å². The number of nitrogens with one attached hydrogen (secondary N) is 2. The summed E-state index contributed by atoms with van der Waals surface area (Å²) in [5.41, 5.74) is 0.989. The fraction of sp³-hybridized carbons (Fsp3) is 0.692. The van der Waals surface area contributed by atoms with Crippen molar-refractivity contribution < 1.29 is 9.53 Å². The van der Waals surface area contributed by atoms with E-state index in [-0.39, 0.29) is 12.0 Å². The number of rotatable bonds is 5. The first-order valence-electron chi connectivity index (χ1n) is 6.78. The smallest absolute Gasteiger partial charge is 0.225 e. The summed E-state index contributed by atoms with van der Waals surface area (Å²) in [6.07, 6.45) is 4.81. The summed E-state index contributed by atoms with van der Waals surface area (Å²) in [5, 5.41) is 9.80. The maximum Gasteiger partial charge on any atom is 0.225 e. The van der Waals surface area contributed by atoms with Crippen molar-refractivity contribution in [3.05, 3.63) is 10.2 Å². The zero-order chi connectivity index (χ0) is 13.8. The van der Waals surface area contributed by atoms with Gasteiger partial charge in [-0.05, 0) is 48.5 Å². The van der Waals surface area contributed by atoms with E-state index in [0.717, 1.165) is 35.8 Å². The summed E-state index contributed by atoms with van der Waals surface area (Å²) < 4.78 is 6.54.